The van der Waals surface area contributed by atoms with Gasteiger partial charge in [0.05, 0.1) is 6.33 Å². The molecule has 7 atom stereocenters. The lowest BCUT2D eigenvalue weighted by Crippen LogP contribution is -2.61. The first kappa shape index (κ1) is 59.4. The summed E-state index contributed by atoms with van der Waals surface area (Å²) in [7, 11) is 0. The van der Waals surface area contributed by atoms with E-state index in [1.807, 2.05) is 55.5 Å². The smallest absolute Gasteiger partial charge is 0.244 e. The maximum absolute atomic E-state index is 14.8. The van der Waals surface area contributed by atoms with Crippen LogP contribution in [-0.2, 0) is 69.1 Å². The predicted molar refractivity (Wildman–Crippen MR) is 301 cm³/mol. The molecule has 78 heavy (non-hydrogen) atoms. The summed E-state index contributed by atoms with van der Waals surface area (Å²) in [6, 6.07) is 15.3. The second-order valence-electron chi connectivity index (χ2n) is 19.0. The molecule has 3 heterocycles. The molecule has 4 unspecified atom stereocenters. The molecule has 0 saturated heterocycles. The van der Waals surface area contributed by atoms with Crippen LogP contribution < -0.4 is 54.4 Å². The van der Waals surface area contributed by atoms with Crippen molar-refractivity contribution in [2.24, 2.45) is 22.2 Å². The second-order valence-corrected chi connectivity index (χ2v) is 21.1. The van der Waals surface area contributed by atoms with Gasteiger partial charge in [0.15, 0.2) is 5.96 Å². The first-order chi connectivity index (χ1) is 37.6. The average molecular weight is 1110 g/mol. The van der Waals surface area contributed by atoms with Crippen LogP contribution in [0.3, 0.4) is 0 Å². The van der Waals surface area contributed by atoms with Crippen molar-refractivity contribution in [1.29, 1.82) is 0 Å². The maximum atomic E-state index is 14.8. The van der Waals surface area contributed by atoms with Crippen LogP contribution in [0.15, 0.2) is 103 Å². The highest BCUT2D eigenvalue weighted by atomic mass is 32.2. The third kappa shape index (κ3) is 18.7. The number of imidazole rings is 1. The van der Waals surface area contributed by atoms with Gasteiger partial charge in [-0.3, -0.25) is 43.3 Å². The molecule has 15 N–H and O–H groups in total. The Labute approximate surface area is 461 Å². The van der Waals surface area contributed by atoms with E-state index in [4.69, 9.17) is 17.2 Å². The molecule has 3 aromatic carbocycles. The second kappa shape index (κ2) is 30.2. The summed E-state index contributed by atoms with van der Waals surface area (Å²) in [5.74, 6) is -4.77. The number of carbonyl (C=O) groups is 8. The van der Waals surface area contributed by atoms with Gasteiger partial charge in [0.25, 0.3) is 0 Å². The van der Waals surface area contributed by atoms with Gasteiger partial charge in [-0.15, -0.1) is 0 Å². The largest absolute Gasteiger partial charge is 0.370 e. The summed E-state index contributed by atoms with van der Waals surface area (Å²) in [5.41, 5.74) is 21.5. The van der Waals surface area contributed by atoms with Gasteiger partial charge in [-0.2, -0.15) is 23.5 Å². The van der Waals surface area contributed by atoms with Crippen molar-refractivity contribution in [3.63, 3.8) is 0 Å². The van der Waals surface area contributed by atoms with Crippen molar-refractivity contribution in [2.75, 3.05) is 18.1 Å². The van der Waals surface area contributed by atoms with Crippen molar-refractivity contribution in [3.05, 3.63) is 126 Å². The van der Waals surface area contributed by atoms with Crippen LogP contribution in [0, 0.1) is 0 Å². The van der Waals surface area contributed by atoms with Crippen molar-refractivity contribution in [1.82, 2.24) is 52.2 Å². The molecule has 0 radical (unpaired) electrons. The summed E-state index contributed by atoms with van der Waals surface area (Å²) in [6.45, 7) is 3.34. The molecule has 0 aliphatic carbocycles. The van der Waals surface area contributed by atoms with E-state index in [1.54, 1.807) is 36.5 Å². The lowest BCUT2D eigenvalue weighted by Gasteiger charge is -2.28. The molecule has 8 amide bonds. The number of nitrogens with one attached hydrogen (secondary N) is 9. The van der Waals surface area contributed by atoms with Crippen LogP contribution in [0.4, 0.5) is 0 Å². The third-order valence-electron chi connectivity index (χ3n) is 12.8. The van der Waals surface area contributed by atoms with Crippen LogP contribution in [0.25, 0.3) is 10.9 Å². The number of para-hydroxylation sites is 1. The number of nitrogens with two attached hydrogens (primary N) is 3. The third-order valence-corrected chi connectivity index (χ3v) is 15.0. The van der Waals surface area contributed by atoms with E-state index in [0.717, 1.165) is 28.5 Å². The molecule has 0 fully saturated rings. The molecule has 0 spiro atoms. The highest BCUT2D eigenvalue weighted by Gasteiger charge is 2.35. The molecule has 1 aliphatic rings. The molecular formula is C54H70N14O8S2. The number of hydrogen-bond donors (Lipinski definition) is 12. The molecule has 2 bridgehead atoms. The minimum Gasteiger partial charge on any atom is -0.370 e. The fourth-order valence-electron chi connectivity index (χ4n) is 8.72. The van der Waals surface area contributed by atoms with Crippen LogP contribution in [-0.4, -0.2) is 129 Å². The lowest BCUT2D eigenvalue weighted by molar-refractivity contribution is -0.135. The van der Waals surface area contributed by atoms with Gasteiger partial charge >= 0.3 is 0 Å². The minimum atomic E-state index is -1.36. The number of amides is 8. The number of unbranched alkanes of at least 4 members (excludes halogenated alkanes) is 1. The first-order valence-corrected chi connectivity index (χ1v) is 28.1. The van der Waals surface area contributed by atoms with Crippen LogP contribution >= 0.6 is 23.5 Å². The highest BCUT2D eigenvalue weighted by Crippen LogP contribution is 2.22. The number of benzene rings is 3. The Balaban J connectivity index is 1.39. The zero-order chi connectivity index (χ0) is 56.0. The van der Waals surface area contributed by atoms with Gasteiger partial charge < -0.3 is 64.4 Å². The Morgan fingerprint density at radius 3 is 2.01 bits per heavy atom. The van der Waals surface area contributed by atoms with Gasteiger partial charge in [0.1, 0.15) is 42.3 Å². The molecule has 22 nitrogen and oxygen atoms in total. The van der Waals surface area contributed by atoms with Gasteiger partial charge in [-0.05, 0) is 47.6 Å². The number of fused-ring (bicyclic) bond motifs is 3. The topological polar surface area (TPSA) is 356 Å². The van der Waals surface area contributed by atoms with Crippen LogP contribution in [0.5, 0.6) is 0 Å². The predicted octanol–water partition coefficient (Wildman–Crippen LogP) is 1.24. The van der Waals surface area contributed by atoms with E-state index in [1.165, 1.54) is 43.0 Å². The summed E-state index contributed by atoms with van der Waals surface area (Å²) in [6.07, 6.45) is 6.26. The minimum absolute atomic E-state index is 0.0326. The Hall–Kier alpha value is -7.86. The quantitative estimate of drug-likeness (QED) is 0.0355. The average Bonchev–Trinajstić information content (AvgIpc) is 4.10. The number of guanidine groups is 1. The fourth-order valence-corrected chi connectivity index (χ4v) is 10.7. The number of aromatic nitrogens is 3. The van der Waals surface area contributed by atoms with E-state index in [2.05, 4.69) is 57.2 Å². The standard InChI is InChI=1S/C54H70N14O8S2/c1-3-4-17-40(62-32(2)69)48(71)68-46-30-78-28-35-15-10-14-34(21-35)27-77-29-45(47(55)70)67-51(74)43(23-36-25-60-39-18-9-8-16-38(36)39)65-49(72)41(19-11-20-59-54(56)57)63-50(73)42(22-33-12-6-5-7-13-33)64-52(75)44(66-53(46)76)24-37-26-58-31-61-37/h5-10,12-16,18,21,25-26,31,40-46,60H,3-4,11,17,19-20,22-24,27-30H2,1-2H3,(H2,55,70)(H,58,61)(H,62,69)(H,63,73)(H,64,75)(H,65,72)(H,66,76)(H,67,74)(H,68,71)(H4,56,57,59)/t40-,41?,42+,43?,44?,45-,46?/m0/s1. The Kier molecular flexibility index (Phi) is 23.0. The summed E-state index contributed by atoms with van der Waals surface area (Å²) in [5, 5.41) is 20.4. The van der Waals surface area contributed by atoms with Crippen molar-refractivity contribution in [3.8, 4) is 0 Å². The summed E-state index contributed by atoms with van der Waals surface area (Å²) < 4.78 is 0. The Morgan fingerprint density at radius 2 is 1.35 bits per heavy atom. The molecule has 24 heteroatoms. The molecule has 6 rings (SSSR count). The van der Waals surface area contributed by atoms with Crippen LogP contribution in [0.1, 0.15) is 73.9 Å². The number of aliphatic imine (C=N–C) groups is 1. The van der Waals surface area contributed by atoms with Gasteiger partial charge in [-0.25, -0.2) is 4.98 Å². The van der Waals surface area contributed by atoms with Gasteiger partial charge in [0.2, 0.25) is 47.3 Å². The Morgan fingerprint density at radius 1 is 0.718 bits per heavy atom. The summed E-state index contributed by atoms with van der Waals surface area (Å²) >= 11 is 2.71. The van der Waals surface area contributed by atoms with Crippen molar-refractivity contribution >= 4 is 87.6 Å². The monoisotopic (exact) mass is 1110 g/mol. The number of hydrogen-bond acceptors (Lipinski definition) is 12. The zero-order valence-electron chi connectivity index (χ0n) is 43.7. The maximum Gasteiger partial charge on any atom is 0.244 e. The van der Waals surface area contributed by atoms with E-state index in [0.29, 0.717) is 41.2 Å². The van der Waals surface area contributed by atoms with Gasteiger partial charge in [-0.1, -0.05) is 92.6 Å². The van der Waals surface area contributed by atoms with E-state index >= 15 is 0 Å². The summed E-state index contributed by atoms with van der Waals surface area (Å²) in [4.78, 5) is 127. The van der Waals surface area contributed by atoms with Crippen LogP contribution in [0.2, 0.25) is 0 Å². The van der Waals surface area contributed by atoms with E-state index in [-0.39, 0.29) is 56.1 Å². The number of carbonyl (C=O) groups excluding carboxylic acids is 8. The number of primary amides is 1. The van der Waals surface area contributed by atoms with E-state index < -0.39 is 89.6 Å². The fraction of sp³-hybridized carbons (Fsp3) is 0.407. The van der Waals surface area contributed by atoms with E-state index in [9.17, 15) is 38.4 Å². The Bertz CT molecular complexity index is 2860. The highest BCUT2D eigenvalue weighted by molar-refractivity contribution is 7.98. The molecule has 5 aromatic rings. The van der Waals surface area contributed by atoms with Crippen molar-refractivity contribution in [2.45, 2.75) is 119 Å². The normalized spacial score (nSPS) is 20.7. The molecule has 0 saturated carbocycles. The SMILES string of the molecule is CCCC[C@H](NC(C)=O)C(=O)NC1CSCc2cccc(c2)CSC[C@@H](C(N)=O)NC(=O)C(Cc2c[nH]c3ccccc23)NC(=O)C(CCCN=C(N)N)NC(=O)[C@@H](Cc2ccccc2)NC(=O)C(Cc2cnc[nH]2)NC1=O. The lowest BCUT2D eigenvalue weighted by atomic mass is 10.0. The number of H-pyrrole nitrogens is 2. The van der Waals surface area contributed by atoms with Crippen molar-refractivity contribution < 1.29 is 38.4 Å². The number of rotatable bonds is 17. The number of aromatic amines is 2. The molecule has 1 aliphatic heterocycles. The first-order valence-electron chi connectivity index (χ1n) is 25.8. The van der Waals surface area contributed by atoms with Gasteiger partial charge in [0, 0.05) is 84.7 Å². The number of thioether (sulfide) groups is 2. The zero-order valence-corrected chi connectivity index (χ0v) is 45.3. The number of nitrogens with zero attached hydrogens (tertiary/aromatic N) is 2. The molecule has 2 aromatic heterocycles. The molecule has 416 valence electrons. The molecular weight excluding hydrogens is 1040 g/mol.